The molecule has 1 amide bonds. The summed E-state index contributed by atoms with van der Waals surface area (Å²) in [5, 5.41) is 20.8. The van der Waals surface area contributed by atoms with Gasteiger partial charge in [-0.25, -0.2) is 17.5 Å². The Morgan fingerprint density at radius 2 is 1.60 bits per heavy atom. The summed E-state index contributed by atoms with van der Waals surface area (Å²) in [5.74, 6) is -0.526. The van der Waals surface area contributed by atoms with Gasteiger partial charge in [0, 0.05) is 38.4 Å². The molecule has 0 saturated carbocycles. The molecule has 2 aromatic carbocycles. The maximum atomic E-state index is 13.1. The van der Waals surface area contributed by atoms with Crippen molar-refractivity contribution in [2.24, 2.45) is 0 Å². The normalized spacial score (nSPS) is 25.1. The van der Waals surface area contributed by atoms with Crippen LogP contribution in [0.1, 0.15) is 12.0 Å². The number of nitrogens with one attached hydrogen (secondary N) is 1. The number of hydrogen-bond acceptors (Lipinski definition) is 7. The van der Waals surface area contributed by atoms with Crippen LogP contribution in [-0.4, -0.2) is 86.6 Å². The van der Waals surface area contributed by atoms with Gasteiger partial charge in [-0.15, -0.1) is 0 Å². The third-order valence-corrected chi connectivity index (χ3v) is 7.91. The SMILES string of the molecule is Cc1ccc(S(=O)(=O)NC[C@H]2O[C@@H](CC(=O)N3CCN(c4ccc(F)cc4)CC3)[C@H](O)[C@@H]2O)cc1. The molecule has 4 atom stereocenters. The Hall–Kier alpha value is -2.57. The molecule has 190 valence electrons. The zero-order valence-corrected chi connectivity index (χ0v) is 20.2. The first-order valence-electron chi connectivity index (χ1n) is 11.5. The van der Waals surface area contributed by atoms with Gasteiger partial charge in [0.2, 0.25) is 15.9 Å². The molecule has 2 fully saturated rings. The number of nitrogens with zero attached hydrogens (tertiary/aromatic N) is 2. The number of carbonyl (C=O) groups excluding carboxylic acids is 1. The molecule has 9 nitrogen and oxygen atoms in total. The fourth-order valence-electron chi connectivity index (χ4n) is 4.32. The standard InChI is InChI=1S/C24H30FN3O6S/c1-16-2-8-19(9-3-16)35(32,33)26-15-21-24(31)23(30)20(34-21)14-22(29)28-12-10-27(11-13-28)18-6-4-17(25)5-7-18/h2-9,20-21,23-24,26,30-31H,10-15H2,1H3/t20-,21+,23-,24+/m0/s1. The first-order valence-corrected chi connectivity index (χ1v) is 13.0. The van der Waals surface area contributed by atoms with Crippen molar-refractivity contribution in [3.05, 3.63) is 59.9 Å². The quantitative estimate of drug-likeness (QED) is 0.503. The van der Waals surface area contributed by atoms with Gasteiger partial charge in [0.1, 0.15) is 24.1 Å². The Labute approximate surface area is 204 Å². The maximum Gasteiger partial charge on any atom is 0.240 e. The average Bonchev–Trinajstić information content (AvgIpc) is 3.11. The number of halogens is 1. The van der Waals surface area contributed by atoms with Crippen molar-refractivity contribution >= 4 is 21.6 Å². The van der Waals surface area contributed by atoms with Crippen molar-refractivity contribution in [1.29, 1.82) is 0 Å². The van der Waals surface area contributed by atoms with E-state index < -0.39 is 34.4 Å². The largest absolute Gasteiger partial charge is 0.388 e. The number of aliphatic hydroxyl groups is 2. The Kier molecular flexibility index (Phi) is 7.72. The van der Waals surface area contributed by atoms with E-state index in [0.717, 1.165) is 11.3 Å². The predicted molar refractivity (Wildman–Crippen MR) is 127 cm³/mol. The first kappa shape index (κ1) is 25.5. The predicted octanol–water partition coefficient (Wildman–Crippen LogP) is 0.641. The molecule has 0 spiro atoms. The summed E-state index contributed by atoms with van der Waals surface area (Å²) in [7, 11) is -3.82. The molecule has 0 aromatic heterocycles. The lowest BCUT2D eigenvalue weighted by atomic mass is 10.0. The number of amides is 1. The number of aryl methyl sites for hydroxylation is 1. The molecule has 4 rings (SSSR count). The van der Waals surface area contributed by atoms with Gasteiger partial charge in [0.05, 0.1) is 17.4 Å². The van der Waals surface area contributed by atoms with Crippen molar-refractivity contribution in [2.75, 3.05) is 37.6 Å². The van der Waals surface area contributed by atoms with Crippen LogP contribution in [0.25, 0.3) is 0 Å². The summed E-state index contributed by atoms with van der Waals surface area (Å²) in [6.45, 7) is 3.69. The minimum atomic E-state index is -3.82. The number of sulfonamides is 1. The zero-order valence-electron chi connectivity index (χ0n) is 19.4. The molecule has 0 bridgehead atoms. The van der Waals surface area contributed by atoms with Crippen molar-refractivity contribution < 1.29 is 32.6 Å². The third kappa shape index (κ3) is 5.99. The van der Waals surface area contributed by atoms with E-state index in [1.807, 2.05) is 6.92 Å². The minimum absolute atomic E-state index is 0.0858. The smallest absolute Gasteiger partial charge is 0.240 e. The van der Waals surface area contributed by atoms with Crippen molar-refractivity contribution in [2.45, 2.75) is 42.7 Å². The highest BCUT2D eigenvalue weighted by atomic mass is 32.2. The molecule has 0 unspecified atom stereocenters. The van der Waals surface area contributed by atoms with Crippen LogP contribution in [0.5, 0.6) is 0 Å². The van der Waals surface area contributed by atoms with E-state index in [4.69, 9.17) is 4.74 Å². The molecule has 2 saturated heterocycles. The number of benzene rings is 2. The molecular formula is C24H30FN3O6S. The van der Waals surface area contributed by atoms with E-state index in [-0.39, 0.29) is 29.6 Å². The van der Waals surface area contributed by atoms with Crippen LogP contribution in [0, 0.1) is 12.7 Å². The summed E-state index contributed by atoms with van der Waals surface area (Å²) in [5.41, 5.74) is 1.80. The molecule has 0 aliphatic carbocycles. The fourth-order valence-corrected chi connectivity index (χ4v) is 5.37. The van der Waals surface area contributed by atoms with Crippen LogP contribution in [-0.2, 0) is 19.6 Å². The van der Waals surface area contributed by atoms with Crippen molar-refractivity contribution in [3.63, 3.8) is 0 Å². The van der Waals surface area contributed by atoms with Crippen LogP contribution in [0.4, 0.5) is 10.1 Å². The zero-order chi connectivity index (χ0) is 25.2. The number of carbonyl (C=O) groups is 1. The Morgan fingerprint density at radius 3 is 2.23 bits per heavy atom. The lowest BCUT2D eigenvalue weighted by Gasteiger charge is -2.36. The van der Waals surface area contributed by atoms with Gasteiger partial charge in [-0.1, -0.05) is 17.7 Å². The lowest BCUT2D eigenvalue weighted by molar-refractivity contribution is -0.135. The van der Waals surface area contributed by atoms with Crippen LogP contribution < -0.4 is 9.62 Å². The molecule has 2 aliphatic rings. The second-order valence-corrected chi connectivity index (χ2v) is 10.7. The van der Waals surface area contributed by atoms with Crippen molar-refractivity contribution in [1.82, 2.24) is 9.62 Å². The number of ether oxygens (including phenoxy) is 1. The molecule has 2 aliphatic heterocycles. The van der Waals surface area contributed by atoms with Gasteiger partial charge < -0.3 is 24.7 Å². The van der Waals surface area contributed by atoms with Crippen LogP contribution >= 0.6 is 0 Å². The summed E-state index contributed by atoms with van der Waals surface area (Å²) >= 11 is 0. The monoisotopic (exact) mass is 507 g/mol. The second-order valence-electron chi connectivity index (χ2n) is 8.91. The number of piperazine rings is 1. The van der Waals surface area contributed by atoms with Gasteiger partial charge in [0.15, 0.2) is 0 Å². The number of aliphatic hydroxyl groups excluding tert-OH is 2. The Bertz CT molecular complexity index is 1120. The molecule has 3 N–H and O–H groups in total. The van der Waals surface area contributed by atoms with Crippen LogP contribution in [0.3, 0.4) is 0 Å². The Morgan fingerprint density at radius 1 is 1.00 bits per heavy atom. The van der Waals surface area contributed by atoms with Gasteiger partial charge in [-0.2, -0.15) is 0 Å². The van der Waals surface area contributed by atoms with Gasteiger partial charge in [0.25, 0.3) is 0 Å². The van der Waals surface area contributed by atoms with E-state index in [2.05, 4.69) is 9.62 Å². The third-order valence-electron chi connectivity index (χ3n) is 6.47. The van der Waals surface area contributed by atoms with E-state index in [1.54, 1.807) is 29.2 Å². The lowest BCUT2D eigenvalue weighted by Crippen LogP contribution is -2.49. The molecule has 0 radical (unpaired) electrons. The average molecular weight is 508 g/mol. The molecule has 2 aromatic rings. The first-order chi connectivity index (χ1) is 16.6. The summed E-state index contributed by atoms with van der Waals surface area (Å²) in [4.78, 5) is 16.6. The number of anilines is 1. The highest BCUT2D eigenvalue weighted by Gasteiger charge is 2.44. The maximum absolute atomic E-state index is 13.1. The number of hydrogen-bond donors (Lipinski definition) is 3. The van der Waals surface area contributed by atoms with E-state index in [0.29, 0.717) is 26.2 Å². The molecule has 2 heterocycles. The summed E-state index contributed by atoms with van der Waals surface area (Å²) < 4.78 is 46.2. The van der Waals surface area contributed by atoms with Crippen LogP contribution in [0.15, 0.2) is 53.4 Å². The van der Waals surface area contributed by atoms with E-state index >= 15 is 0 Å². The Balaban J connectivity index is 1.28. The van der Waals surface area contributed by atoms with Crippen molar-refractivity contribution in [3.8, 4) is 0 Å². The molecule has 35 heavy (non-hydrogen) atoms. The minimum Gasteiger partial charge on any atom is -0.388 e. The summed E-state index contributed by atoms with van der Waals surface area (Å²) in [6, 6.07) is 12.5. The van der Waals surface area contributed by atoms with E-state index in [9.17, 15) is 27.8 Å². The summed E-state index contributed by atoms with van der Waals surface area (Å²) in [6.07, 6.45) is -4.70. The highest BCUT2D eigenvalue weighted by Crippen LogP contribution is 2.25. The van der Waals surface area contributed by atoms with Crippen LogP contribution in [0.2, 0.25) is 0 Å². The topological polar surface area (TPSA) is 119 Å². The second kappa shape index (κ2) is 10.6. The molecule has 11 heteroatoms. The fraction of sp³-hybridized carbons (Fsp3) is 0.458. The van der Waals surface area contributed by atoms with Gasteiger partial charge in [-0.3, -0.25) is 4.79 Å². The number of rotatable bonds is 7. The molecular weight excluding hydrogens is 477 g/mol. The van der Waals surface area contributed by atoms with E-state index in [1.165, 1.54) is 24.3 Å². The van der Waals surface area contributed by atoms with Gasteiger partial charge in [-0.05, 0) is 43.3 Å². The van der Waals surface area contributed by atoms with Gasteiger partial charge >= 0.3 is 0 Å². The highest BCUT2D eigenvalue weighted by molar-refractivity contribution is 7.89.